The quantitative estimate of drug-likeness (QED) is 0.753. The van der Waals surface area contributed by atoms with Crippen molar-refractivity contribution in [2.45, 2.75) is 0 Å². The van der Waals surface area contributed by atoms with Crippen LogP contribution in [0.1, 0.15) is 0 Å². The molecule has 0 bridgehead atoms. The zero-order valence-electron chi connectivity index (χ0n) is 9.13. The highest BCUT2D eigenvalue weighted by Gasteiger charge is 2.19. The number of carboxylic acids is 1. The van der Waals surface area contributed by atoms with Crippen molar-refractivity contribution >= 4 is 18.2 Å². The Morgan fingerprint density at radius 3 is 2.76 bits per heavy atom. The number of hydrogen-bond donors (Lipinski definition) is 1. The summed E-state index contributed by atoms with van der Waals surface area (Å²) in [4.78, 5) is 13.1. The Kier molecular flexibility index (Phi) is 2.11. The summed E-state index contributed by atoms with van der Waals surface area (Å²) in [5.74, 6) is -0.884. The molecule has 0 aromatic heterocycles. The van der Waals surface area contributed by atoms with E-state index in [1.54, 1.807) is 6.08 Å². The summed E-state index contributed by atoms with van der Waals surface area (Å²) in [7, 11) is 0. The fourth-order valence-corrected chi connectivity index (χ4v) is 2.16. The third-order valence-electron chi connectivity index (χ3n) is 2.99. The molecule has 2 aliphatic rings. The first-order chi connectivity index (χ1) is 8.25. The molecule has 2 aliphatic heterocycles. The molecule has 1 aromatic carbocycles. The molecular formula is C14H11NO2. The first-order valence-corrected chi connectivity index (χ1v) is 5.45. The molecule has 0 fully saturated rings. The number of hydrogen-bond acceptors (Lipinski definition) is 2. The second-order valence-electron chi connectivity index (χ2n) is 4.06. The molecule has 0 unspecified atom stereocenters. The van der Waals surface area contributed by atoms with E-state index < -0.39 is 5.97 Å². The number of rotatable bonds is 1. The molecule has 3 rings (SSSR count). The summed E-state index contributed by atoms with van der Waals surface area (Å²) in [5.41, 5.74) is 1.11. The van der Waals surface area contributed by atoms with Crippen molar-refractivity contribution in [1.29, 1.82) is 0 Å². The van der Waals surface area contributed by atoms with Gasteiger partial charge in [-0.2, -0.15) is 0 Å². The van der Waals surface area contributed by atoms with Crippen LogP contribution < -0.4 is 10.4 Å². The molecule has 0 saturated heterocycles. The maximum absolute atomic E-state index is 11.2. The molecular weight excluding hydrogens is 214 g/mol. The zero-order chi connectivity index (χ0) is 11.8. The lowest BCUT2D eigenvalue weighted by Crippen LogP contribution is -2.36. The van der Waals surface area contributed by atoms with Gasteiger partial charge in [-0.1, -0.05) is 30.3 Å². The SMILES string of the molecule is O=C(O)C1=C2C=c3ccccc3=CN2CC=C1. The van der Waals surface area contributed by atoms with Gasteiger partial charge in [0.1, 0.15) is 0 Å². The Morgan fingerprint density at radius 2 is 2.00 bits per heavy atom. The van der Waals surface area contributed by atoms with Gasteiger partial charge in [0, 0.05) is 12.7 Å². The van der Waals surface area contributed by atoms with Crippen molar-refractivity contribution in [3.05, 3.63) is 58.1 Å². The minimum Gasteiger partial charge on any atom is -0.478 e. The van der Waals surface area contributed by atoms with Gasteiger partial charge in [0.25, 0.3) is 0 Å². The maximum atomic E-state index is 11.2. The Balaban J connectivity index is 2.30. The molecule has 0 radical (unpaired) electrons. The number of fused-ring (bicyclic) bond motifs is 2. The Morgan fingerprint density at radius 1 is 1.24 bits per heavy atom. The van der Waals surface area contributed by atoms with E-state index in [-0.39, 0.29) is 0 Å². The molecule has 2 heterocycles. The summed E-state index contributed by atoms with van der Waals surface area (Å²) < 4.78 is 0. The zero-order valence-corrected chi connectivity index (χ0v) is 9.13. The fraction of sp³-hybridized carbons (Fsp3) is 0.0714. The van der Waals surface area contributed by atoms with Crippen LogP contribution in [0.3, 0.4) is 0 Å². The highest BCUT2D eigenvalue weighted by atomic mass is 16.4. The smallest absolute Gasteiger partial charge is 0.337 e. The van der Waals surface area contributed by atoms with Crippen LogP contribution in [0, 0.1) is 0 Å². The van der Waals surface area contributed by atoms with Crippen molar-refractivity contribution in [3.63, 3.8) is 0 Å². The largest absolute Gasteiger partial charge is 0.478 e. The van der Waals surface area contributed by atoms with Crippen molar-refractivity contribution in [1.82, 2.24) is 4.90 Å². The van der Waals surface area contributed by atoms with E-state index in [1.807, 2.05) is 47.5 Å². The number of benzene rings is 1. The van der Waals surface area contributed by atoms with E-state index in [9.17, 15) is 4.79 Å². The van der Waals surface area contributed by atoms with Gasteiger partial charge in [-0.15, -0.1) is 0 Å². The standard InChI is InChI=1S/C14H11NO2/c16-14(17)12-6-3-7-15-9-11-5-2-1-4-10(11)8-13(12)15/h1-6,8-9H,7H2,(H,16,17). The van der Waals surface area contributed by atoms with E-state index >= 15 is 0 Å². The lowest BCUT2D eigenvalue weighted by molar-refractivity contribution is -0.132. The van der Waals surface area contributed by atoms with Crippen LogP contribution in [0.25, 0.3) is 12.3 Å². The minimum absolute atomic E-state index is 0.349. The predicted octanol–water partition coefficient (Wildman–Crippen LogP) is 0.429. The number of allylic oxidation sites excluding steroid dienone is 1. The summed E-state index contributed by atoms with van der Waals surface area (Å²) in [6.07, 6.45) is 7.47. The molecule has 0 atom stereocenters. The molecule has 17 heavy (non-hydrogen) atoms. The summed E-state index contributed by atoms with van der Waals surface area (Å²) in [6.45, 7) is 0.719. The fourth-order valence-electron chi connectivity index (χ4n) is 2.16. The molecule has 1 aromatic rings. The third-order valence-corrected chi connectivity index (χ3v) is 2.99. The van der Waals surface area contributed by atoms with Gasteiger partial charge in [-0.25, -0.2) is 4.79 Å². The first kappa shape index (κ1) is 9.90. The molecule has 0 amide bonds. The lowest BCUT2D eigenvalue weighted by atomic mass is 10.0. The molecule has 3 nitrogen and oxygen atoms in total. The number of carbonyl (C=O) groups is 1. The van der Waals surface area contributed by atoms with Gasteiger partial charge in [0.2, 0.25) is 0 Å². The molecule has 0 spiro atoms. The molecule has 3 heteroatoms. The minimum atomic E-state index is -0.884. The van der Waals surface area contributed by atoms with Crippen LogP contribution in [0.5, 0.6) is 0 Å². The van der Waals surface area contributed by atoms with Gasteiger partial charge in [0.05, 0.1) is 11.3 Å². The Hall–Kier alpha value is -2.29. The van der Waals surface area contributed by atoms with E-state index in [2.05, 4.69) is 0 Å². The molecule has 0 aliphatic carbocycles. The van der Waals surface area contributed by atoms with Crippen LogP contribution in [0.15, 0.2) is 47.7 Å². The van der Waals surface area contributed by atoms with Crippen LogP contribution in [0.4, 0.5) is 0 Å². The maximum Gasteiger partial charge on any atom is 0.337 e. The van der Waals surface area contributed by atoms with E-state index in [0.717, 1.165) is 22.7 Å². The van der Waals surface area contributed by atoms with E-state index in [4.69, 9.17) is 5.11 Å². The lowest BCUT2D eigenvalue weighted by Gasteiger charge is -2.26. The summed E-state index contributed by atoms with van der Waals surface area (Å²) >= 11 is 0. The second kappa shape index (κ2) is 3.63. The van der Waals surface area contributed by atoms with E-state index in [0.29, 0.717) is 5.57 Å². The Labute approximate surface area is 98.3 Å². The molecule has 1 N–H and O–H groups in total. The summed E-state index contributed by atoms with van der Waals surface area (Å²) in [5, 5.41) is 11.3. The van der Waals surface area contributed by atoms with E-state index in [1.165, 1.54) is 0 Å². The number of nitrogens with zero attached hydrogens (tertiary/aromatic N) is 1. The number of carboxylic acid groups (broad SMARTS) is 1. The number of aliphatic carboxylic acids is 1. The van der Waals surface area contributed by atoms with Crippen LogP contribution >= 0.6 is 0 Å². The van der Waals surface area contributed by atoms with Gasteiger partial charge in [-0.05, 0) is 22.6 Å². The topological polar surface area (TPSA) is 40.5 Å². The van der Waals surface area contributed by atoms with Crippen molar-refractivity contribution < 1.29 is 9.90 Å². The normalized spacial score (nSPS) is 16.8. The summed E-state index contributed by atoms with van der Waals surface area (Å²) in [6, 6.07) is 7.96. The van der Waals surface area contributed by atoms with Crippen molar-refractivity contribution in [2.75, 3.05) is 6.54 Å². The van der Waals surface area contributed by atoms with Gasteiger partial charge in [0.15, 0.2) is 0 Å². The van der Waals surface area contributed by atoms with Gasteiger partial charge >= 0.3 is 5.97 Å². The average Bonchev–Trinajstić information content (AvgIpc) is 2.35. The van der Waals surface area contributed by atoms with Crippen molar-refractivity contribution in [3.8, 4) is 0 Å². The second-order valence-corrected chi connectivity index (χ2v) is 4.06. The monoisotopic (exact) mass is 225 g/mol. The highest BCUT2D eigenvalue weighted by Crippen LogP contribution is 2.20. The molecule has 0 saturated carbocycles. The van der Waals surface area contributed by atoms with Gasteiger partial charge in [-0.3, -0.25) is 0 Å². The highest BCUT2D eigenvalue weighted by molar-refractivity contribution is 5.93. The van der Waals surface area contributed by atoms with Crippen LogP contribution in [0.2, 0.25) is 0 Å². The first-order valence-electron chi connectivity index (χ1n) is 5.45. The van der Waals surface area contributed by atoms with Crippen molar-refractivity contribution in [2.24, 2.45) is 0 Å². The predicted molar refractivity (Wildman–Crippen MR) is 65.1 cm³/mol. The average molecular weight is 225 g/mol. The van der Waals surface area contributed by atoms with Crippen LogP contribution in [-0.2, 0) is 4.79 Å². The Bertz CT molecular complexity index is 668. The molecule has 84 valence electrons. The van der Waals surface area contributed by atoms with Gasteiger partial charge < -0.3 is 10.0 Å². The van der Waals surface area contributed by atoms with Crippen LogP contribution in [-0.4, -0.2) is 22.5 Å². The third kappa shape index (κ3) is 1.56.